The molecular weight excluding hydrogens is 208 g/mol. The van der Waals surface area contributed by atoms with E-state index >= 15 is 0 Å². The maximum Gasteiger partial charge on any atom is 0.176 e. The van der Waals surface area contributed by atoms with Gasteiger partial charge in [0.1, 0.15) is 18.1 Å². The fourth-order valence-electron chi connectivity index (χ4n) is 1.22. The Kier molecular flexibility index (Phi) is 2.95. The minimum absolute atomic E-state index is 0.302. The number of hydrogen-bond acceptors (Lipinski definition) is 5. The number of hydrogen-bond donors (Lipinski definition) is 1. The molecule has 2 N–H and O–H groups in total. The van der Waals surface area contributed by atoms with Crippen molar-refractivity contribution in [2.75, 3.05) is 12.8 Å². The van der Waals surface area contributed by atoms with E-state index < -0.39 is 0 Å². The molecule has 0 amide bonds. The molecule has 0 unspecified atom stereocenters. The van der Waals surface area contributed by atoms with Crippen molar-refractivity contribution in [3.8, 4) is 11.5 Å². The molecule has 0 aliphatic heterocycles. The molecule has 16 heavy (non-hydrogen) atoms. The normalized spacial score (nSPS) is 10.1. The topological polar surface area (TPSA) is 70.5 Å². The van der Waals surface area contributed by atoms with E-state index in [-0.39, 0.29) is 0 Å². The van der Waals surface area contributed by atoms with Crippen molar-refractivity contribution in [3.05, 3.63) is 36.1 Å². The van der Waals surface area contributed by atoms with E-state index in [0.29, 0.717) is 18.2 Å². The van der Waals surface area contributed by atoms with Crippen LogP contribution in [0.25, 0.3) is 0 Å². The van der Waals surface area contributed by atoms with E-state index in [1.165, 1.54) is 0 Å². The molecule has 0 fully saturated rings. The number of benzene rings is 1. The van der Waals surface area contributed by atoms with Gasteiger partial charge in [0, 0.05) is 6.07 Å². The van der Waals surface area contributed by atoms with Gasteiger partial charge in [0.25, 0.3) is 0 Å². The Morgan fingerprint density at radius 1 is 1.25 bits per heavy atom. The van der Waals surface area contributed by atoms with E-state index in [0.717, 1.165) is 11.5 Å². The van der Waals surface area contributed by atoms with Crippen LogP contribution < -0.4 is 15.2 Å². The number of anilines is 1. The first-order valence-corrected chi connectivity index (χ1v) is 4.76. The summed E-state index contributed by atoms with van der Waals surface area (Å²) in [6.07, 6.45) is 0. The molecule has 5 heteroatoms. The second-order valence-corrected chi connectivity index (χ2v) is 3.18. The largest absolute Gasteiger partial charge is 0.497 e. The summed E-state index contributed by atoms with van der Waals surface area (Å²) >= 11 is 0. The van der Waals surface area contributed by atoms with Crippen LogP contribution in [0.1, 0.15) is 5.76 Å². The molecule has 0 saturated carbocycles. The van der Waals surface area contributed by atoms with Crippen LogP contribution in [0.2, 0.25) is 0 Å². The van der Waals surface area contributed by atoms with Gasteiger partial charge in [0.05, 0.1) is 7.11 Å². The van der Waals surface area contributed by atoms with Crippen LogP contribution >= 0.6 is 0 Å². The molecule has 1 aromatic carbocycles. The SMILES string of the molecule is COc1ccc(OCc2cc(N)no2)cc1. The van der Waals surface area contributed by atoms with Gasteiger partial charge in [-0.05, 0) is 24.3 Å². The highest BCUT2D eigenvalue weighted by Crippen LogP contribution is 2.18. The number of aromatic nitrogens is 1. The average molecular weight is 220 g/mol. The van der Waals surface area contributed by atoms with E-state index in [9.17, 15) is 0 Å². The highest BCUT2D eigenvalue weighted by Gasteiger charge is 2.02. The maximum absolute atomic E-state index is 5.46. The summed E-state index contributed by atoms with van der Waals surface area (Å²) < 4.78 is 15.4. The lowest BCUT2D eigenvalue weighted by Crippen LogP contribution is -1.93. The zero-order chi connectivity index (χ0) is 11.4. The van der Waals surface area contributed by atoms with Crippen LogP contribution in [0.4, 0.5) is 5.82 Å². The highest BCUT2D eigenvalue weighted by molar-refractivity contribution is 5.31. The Morgan fingerprint density at radius 2 is 1.94 bits per heavy atom. The zero-order valence-electron chi connectivity index (χ0n) is 8.84. The summed E-state index contributed by atoms with van der Waals surface area (Å²) in [4.78, 5) is 0. The Labute approximate surface area is 92.8 Å². The van der Waals surface area contributed by atoms with E-state index in [1.807, 2.05) is 24.3 Å². The Hall–Kier alpha value is -2.17. The third-order valence-electron chi connectivity index (χ3n) is 2.02. The lowest BCUT2D eigenvalue weighted by Gasteiger charge is -2.04. The monoisotopic (exact) mass is 220 g/mol. The standard InChI is InChI=1S/C11H12N2O3/c1-14-8-2-4-9(5-3-8)15-7-10-6-11(12)13-16-10/h2-6H,7H2,1H3,(H2,12,13). The first-order valence-electron chi connectivity index (χ1n) is 4.76. The summed E-state index contributed by atoms with van der Waals surface area (Å²) in [7, 11) is 1.62. The Balaban J connectivity index is 1.94. The lowest BCUT2D eigenvalue weighted by molar-refractivity contribution is 0.249. The fourth-order valence-corrected chi connectivity index (χ4v) is 1.22. The van der Waals surface area contributed by atoms with Crippen molar-refractivity contribution >= 4 is 5.82 Å². The number of methoxy groups -OCH3 is 1. The molecule has 5 nitrogen and oxygen atoms in total. The van der Waals surface area contributed by atoms with Gasteiger partial charge >= 0.3 is 0 Å². The van der Waals surface area contributed by atoms with Crippen LogP contribution in [-0.4, -0.2) is 12.3 Å². The molecule has 0 radical (unpaired) electrons. The number of rotatable bonds is 4. The van der Waals surface area contributed by atoms with Crippen molar-refractivity contribution in [1.82, 2.24) is 5.16 Å². The quantitative estimate of drug-likeness (QED) is 0.851. The minimum atomic E-state index is 0.302. The van der Waals surface area contributed by atoms with E-state index in [2.05, 4.69) is 5.16 Å². The second kappa shape index (κ2) is 4.57. The van der Waals surface area contributed by atoms with Gasteiger partial charge in [0.15, 0.2) is 11.6 Å². The smallest absolute Gasteiger partial charge is 0.176 e. The van der Waals surface area contributed by atoms with Gasteiger partial charge in [-0.2, -0.15) is 0 Å². The molecule has 0 bridgehead atoms. The van der Waals surface area contributed by atoms with Crippen LogP contribution in [0.5, 0.6) is 11.5 Å². The van der Waals surface area contributed by atoms with Crippen LogP contribution in [0, 0.1) is 0 Å². The van der Waals surface area contributed by atoms with Gasteiger partial charge < -0.3 is 19.7 Å². The molecule has 0 spiro atoms. The van der Waals surface area contributed by atoms with Crippen LogP contribution in [0.3, 0.4) is 0 Å². The van der Waals surface area contributed by atoms with Gasteiger partial charge in [-0.25, -0.2) is 0 Å². The summed E-state index contributed by atoms with van der Waals surface area (Å²) in [5, 5.41) is 3.56. The molecule has 0 saturated heterocycles. The highest BCUT2D eigenvalue weighted by atomic mass is 16.5. The van der Waals surface area contributed by atoms with Crippen molar-refractivity contribution in [2.45, 2.75) is 6.61 Å². The van der Waals surface area contributed by atoms with E-state index in [1.54, 1.807) is 13.2 Å². The van der Waals surface area contributed by atoms with Gasteiger partial charge in [-0.3, -0.25) is 0 Å². The average Bonchev–Trinajstić information content (AvgIpc) is 2.73. The number of ether oxygens (including phenoxy) is 2. The molecule has 1 aromatic heterocycles. The molecule has 2 aromatic rings. The van der Waals surface area contributed by atoms with E-state index in [4.69, 9.17) is 19.7 Å². The van der Waals surface area contributed by atoms with Gasteiger partial charge in [-0.15, -0.1) is 0 Å². The molecule has 2 rings (SSSR count). The molecular formula is C11H12N2O3. The summed E-state index contributed by atoms with van der Waals surface area (Å²) in [5.74, 6) is 2.47. The second-order valence-electron chi connectivity index (χ2n) is 3.18. The van der Waals surface area contributed by atoms with Crippen LogP contribution in [0.15, 0.2) is 34.9 Å². The Morgan fingerprint density at radius 3 is 2.50 bits per heavy atom. The van der Waals surface area contributed by atoms with Crippen molar-refractivity contribution in [1.29, 1.82) is 0 Å². The molecule has 0 atom stereocenters. The minimum Gasteiger partial charge on any atom is -0.497 e. The van der Waals surface area contributed by atoms with Gasteiger partial charge in [-0.1, -0.05) is 5.16 Å². The van der Waals surface area contributed by atoms with Crippen molar-refractivity contribution in [2.24, 2.45) is 0 Å². The maximum atomic E-state index is 5.46. The van der Waals surface area contributed by atoms with Crippen LogP contribution in [-0.2, 0) is 6.61 Å². The molecule has 84 valence electrons. The first-order chi connectivity index (χ1) is 7.78. The first kappa shape index (κ1) is 10.4. The zero-order valence-corrected chi connectivity index (χ0v) is 8.84. The predicted octanol–water partition coefficient (Wildman–Crippen LogP) is 1.84. The molecule has 0 aliphatic carbocycles. The Bertz CT molecular complexity index is 451. The third kappa shape index (κ3) is 2.44. The summed E-state index contributed by atoms with van der Waals surface area (Å²) in [5.41, 5.74) is 5.41. The third-order valence-corrected chi connectivity index (χ3v) is 2.02. The van der Waals surface area contributed by atoms with Crippen molar-refractivity contribution < 1.29 is 14.0 Å². The molecule has 1 heterocycles. The fraction of sp³-hybridized carbons (Fsp3) is 0.182. The number of nitrogens with zero attached hydrogens (tertiary/aromatic N) is 1. The number of nitrogen functional groups attached to an aromatic ring is 1. The molecule has 0 aliphatic rings. The summed E-state index contributed by atoms with van der Waals surface area (Å²) in [6.45, 7) is 0.302. The van der Waals surface area contributed by atoms with Crippen molar-refractivity contribution in [3.63, 3.8) is 0 Å². The summed E-state index contributed by atoms with van der Waals surface area (Å²) in [6, 6.07) is 8.91. The lowest BCUT2D eigenvalue weighted by atomic mass is 10.3. The van der Waals surface area contributed by atoms with Gasteiger partial charge in [0.2, 0.25) is 0 Å². The predicted molar refractivity (Wildman–Crippen MR) is 58.2 cm³/mol. The number of nitrogens with two attached hydrogens (primary N) is 1.